The summed E-state index contributed by atoms with van der Waals surface area (Å²) in [6, 6.07) is 4.42. The van der Waals surface area contributed by atoms with Gasteiger partial charge < -0.3 is 15.2 Å². The monoisotopic (exact) mass is 197 g/mol. The summed E-state index contributed by atoms with van der Waals surface area (Å²) in [6.07, 6.45) is 0. The van der Waals surface area contributed by atoms with Gasteiger partial charge in [-0.15, -0.1) is 0 Å². The summed E-state index contributed by atoms with van der Waals surface area (Å²) in [4.78, 5) is 0. The van der Waals surface area contributed by atoms with Gasteiger partial charge in [0.25, 0.3) is 0 Å². The topological polar surface area (TPSA) is 41.5 Å². The van der Waals surface area contributed by atoms with E-state index < -0.39 is 5.82 Å². The highest BCUT2D eigenvalue weighted by molar-refractivity contribution is 5.30. The van der Waals surface area contributed by atoms with Crippen molar-refractivity contribution in [2.45, 2.75) is 6.04 Å². The normalized spacial score (nSPS) is 22.2. The number of halogens is 1. The minimum absolute atomic E-state index is 0.0267. The number of aromatic hydroxyl groups is 1. The fraction of sp³-hybridized carbons (Fsp3) is 0.400. The second-order valence-electron chi connectivity index (χ2n) is 3.29. The van der Waals surface area contributed by atoms with Crippen LogP contribution in [-0.4, -0.2) is 24.9 Å². The first-order valence-electron chi connectivity index (χ1n) is 4.57. The van der Waals surface area contributed by atoms with Gasteiger partial charge in [-0.2, -0.15) is 0 Å². The Labute approximate surface area is 81.5 Å². The number of morpholine rings is 1. The van der Waals surface area contributed by atoms with Crippen LogP contribution in [-0.2, 0) is 4.74 Å². The molecule has 0 unspecified atom stereocenters. The average molecular weight is 197 g/mol. The van der Waals surface area contributed by atoms with Crippen LogP contribution in [0.25, 0.3) is 0 Å². The van der Waals surface area contributed by atoms with Crippen molar-refractivity contribution in [1.82, 2.24) is 5.32 Å². The smallest absolute Gasteiger partial charge is 0.165 e. The quantitative estimate of drug-likeness (QED) is 0.710. The molecular formula is C10H12FNO2. The van der Waals surface area contributed by atoms with Crippen LogP contribution in [0.2, 0.25) is 0 Å². The molecule has 0 amide bonds. The lowest BCUT2D eigenvalue weighted by Gasteiger charge is -2.24. The van der Waals surface area contributed by atoms with Crippen LogP contribution in [0, 0.1) is 5.82 Å². The van der Waals surface area contributed by atoms with Crippen LogP contribution < -0.4 is 5.32 Å². The van der Waals surface area contributed by atoms with E-state index in [1.165, 1.54) is 12.1 Å². The minimum Gasteiger partial charge on any atom is -0.505 e. The van der Waals surface area contributed by atoms with Crippen LogP contribution in [0.3, 0.4) is 0 Å². The third kappa shape index (κ3) is 1.86. The van der Waals surface area contributed by atoms with Crippen molar-refractivity contribution in [3.05, 3.63) is 29.6 Å². The first kappa shape index (κ1) is 9.43. The Morgan fingerprint density at radius 3 is 3.00 bits per heavy atom. The average Bonchev–Trinajstić information content (AvgIpc) is 2.23. The molecule has 1 aromatic rings. The van der Waals surface area contributed by atoms with Gasteiger partial charge in [0.2, 0.25) is 0 Å². The van der Waals surface area contributed by atoms with E-state index >= 15 is 0 Å². The number of nitrogens with one attached hydrogen (secondary N) is 1. The summed E-state index contributed by atoms with van der Waals surface area (Å²) in [5, 5.41) is 12.2. The second-order valence-corrected chi connectivity index (χ2v) is 3.29. The molecule has 1 aliphatic rings. The van der Waals surface area contributed by atoms with Gasteiger partial charge in [0.05, 0.1) is 19.3 Å². The molecule has 1 aliphatic heterocycles. The first-order chi connectivity index (χ1) is 6.77. The highest BCUT2D eigenvalue weighted by atomic mass is 19.1. The van der Waals surface area contributed by atoms with Gasteiger partial charge in [0.15, 0.2) is 11.6 Å². The molecule has 1 saturated heterocycles. The van der Waals surface area contributed by atoms with Gasteiger partial charge >= 0.3 is 0 Å². The maximum Gasteiger partial charge on any atom is 0.165 e. The Morgan fingerprint density at radius 1 is 1.50 bits per heavy atom. The summed E-state index contributed by atoms with van der Waals surface area (Å²) in [7, 11) is 0. The van der Waals surface area contributed by atoms with Gasteiger partial charge in [-0.05, 0) is 17.7 Å². The number of benzene rings is 1. The fourth-order valence-corrected chi connectivity index (χ4v) is 1.52. The number of hydrogen-bond acceptors (Lipinski definition) is 3. The Morgan fingerprint density at radius 2 is 2.36 bits per heavy atom. The van der Waals surface area contributed by atoms with Crippen molar-refractivity contribution in [3.8, 4) is 5.75 Å². The number of ether oxygens (including phenoxy) is 1. The van der Waals surface area contributed by atoms with E-state index in [9.17, 15) is 4.39 Å². The Kier molecular flexibility index (Phi) is 2.65. The van der Waals surface area contributed by atoms with E-state index in [2.05, 4.69) is 5.32 Å². The molecule has 1 fully saturated rings. The lowest BCUT2D eigenvalue weighted by Crippen LogP contribution is -2.34. The predicted octanol–water partition coefficient (Wildman–Crippen LogP) is 1.19. The number of phenols is 1. The molecule has 0 spiro atoms. The molecule has 14 heavy (non-hydrogen) atoms. The molecule has 2 rings (SSSR count). The van der Waals surface area contributed by atoms with E-state index in [0.29, 0.717) is 13.2 Å². The lowest BCUT2D eigenvalue weighted by molar-refractivity contribution is 0.0767. The van der Waals surface area contributed by atoms with E-state index in [0.717, 1.165) is 12.1 Å². The maximum atomic E-state index is 13.0. The van der Waals surface area contributed by atoms with Crippen molar-refractivity contribution >= 4 is 0 Å². The van der Waals surface area contributed by atoms with E-state index in [1.807, 2.05) is 0 Å². The van der Waals surface area contributed by atoms with Gasteiger partial charge in [-0.1, -0.05) is 6.07 Å². The summed E-state index contributed by atoms with van der Waals surface area (Å²) in [5.41, 5.74) is 0.806. The molecule has 1 heterocycles. The molecule has 1 aromatic carbocycles. The van der Waals surface area contributed by atoms with Gasteiger partial charge in [-0.3, -0.25) is 0 Å². The van der Waals surface area contributed by atoms with Crippen LogP contribution in [0.5, 0.6) is 5.75 Å². The van der Waals surface area contributed by atoms with Gasteiger partial charge in [0.1, 0.15) is 0 Å². The number of hydrogen-bond donors (Lipinski definition) is 2. The number of phenolic OH excluding ortho intramolecular Hbond substituents is 1. The third-order valence-corrected chi connectivity index (χ3v) is 2.30. The third-order valence-electron chi connectivity index (χ3n) is 2.30. The molecule has 0 bridgehead atoms. The van der Waals surface area contributed by atoms with Crippen LogP contribution in [0.1, 0.15) is 11.6 Å². The molecule has 0 aliphatic carbocycles. The molecule has 1 atom stereocenters. The van der Waals surface area contributed by atoms with Crippen molar-refractivity contribution in [2.24, 2.45) is 0 Å². The molecule has 0 saturated carbocycles. The summed E-state index contributed by atoms with van der Waals surface area (Å²) in [5.74, 6) is -0.902. The van der Waals surface area contributed by atoms with Gasteiger partial charge in [-0.25, -0.2) is 4.39 Å². The molecular weight excluding hydrogens is 185 g/mol. The summed E-state index contributed by atoms with van der Waals surface area (Å²) < 4.78 is 18.3. The zero-order chi connectivity index (χ0) is 9.97. The minimum atomic E-state index is -0.588. The summed E-state index contributed by atoms with van der Waals surface area (Å²) >= 11 is 0. The van der Waals surface area contributed by atoms with Crippen LogP contribution >= 0.6 is 0 Å². The molecule has 2 N–H and O–H groups in total. The predicted molar refractivity (Wildman–Crippen MR) is 49.6 cm³/mol. The Balaban J connectivity index is 2.18. The van der Waals surface area contributed by atoms with Crippen molar-refractivity contribution < 1.29 is 14.2 Å². The van der Waals surface area contributed by atoms with Gasteiger partial charge in [0, 0.05) is 6.54 Å². The number of rotatable bonds is 1. The van der Waals surface area contributed by atoms with E-state index in [-0.39, 0.29) is 11.8 Å². The molecule has 0 aromatic heterocycles. The van der Waals surface area contributed by atoms with Crippen LogP contribution in [0.4, 0.5) is 4.39 Å². The standard InChI is InChI=1S/C10H12FNO2/c11-8-5-7(1-2-10(8)13)9-6-14-4-3-12-9/h1-2,5,9,12-13H,3-4,6H2/t9-/m1/s1. The van der Waals surface area contributed by atoms with Crippen molar-refractivity contribution in [1.29, 1.82) is 0 Å². The maximum absolute atomic E-state index is 13.0. The Hall–Kier alpha value is -1.13. The molecule has 76 valence electrons. The molecule has 0 radical (unpaired) electrons. The second kappa shape index (κ2) is 3.94. The zero-order valence-electron chi connectivity index (χ0n) is 7.66. The van der Waals surface area contributed by atoms with E-state index in [1.54, 1.807) is 6.07 Å². The van der Waals surface area contributed by atoms with Crippen molar-refractivity contribution in [2.75, 3.05) is 19.8 Å². The SMILES string of the molecule is Oc1ccc([C@H]2COCCN2)cc1F. The largest absolute Gasteiger partial charge is 0.505 e. The first-order valence-corrected chi connectivity index (χ1v) is 4.57. The molecule has 3 nitrogen and oxygen atoms in total. The van der Waals surface area contributed by atoms with E-state index in [4.69, 9.17) is 9.84 Å². The van der Waals surface area contributed by atoms with Crippen LogP contribution in [0.15, 0.2) is 18.2 Å². The highest BCUT2D eigenvalue weighted by Gasteiger charge is 2.16. The fourth-order valence-electron chi connectivity index (χ4n) is 1.52. The summed E-state index contributed by atoms with van der Waals surface area (Å²) in [6.45, 7) is 2.01. The zero-order valence-corrected chi connectivity index (χ0v) is 7.66. The Bertz CT molecular complexity index is 324. The lowest BCUT2D eigenvalue weighted by atomic mass is 10.1. The highest BCUT2D eigenvalue weighted by Crippen LogP contribution is 2.21. The van der Waals surface area contributed by atoms with Crippen molar-refractivity contribution in [3.63, 3.8) is 0 Å². The molecule has 4 heteroatoms.